The summed E-state index contributed by atoms with van der Waals surface area (Å²) in [6, 6.07) is 6.13. The Labute approximate surface area is 99.7 Å². The van der Waals surface area contributed by atoms with Crippen molar-refractivity contribution >= 4 is 15.9 Å². The van der Waals surface area contributed by atoms with Gasteiger partial charge in [-0.2, -0.15) is 0 Å². The van der Waals surface area contributed by atoms with Gasteiger partial charge in [-0.05, 0) is 39.0 Å². The topological polar surface area (TPSA) is 18.5 Å². The molecule has 0 spiro atoms. The molecule has 0 aliphatic carbocycles. The van der Waals surface area contributed by atoms with Gasteiger partial charge in [-0.1, -0.05) is 26.8 Å². The highest BCUT2D eigenvalue weighted by molar-refractivity contribution is 9.10. The summed E-state index contributed by atoms with van der Waals surface area (Å²) in [5.74, 6) is 0.810. The maximum absolute atomic E-state index is 5.38. The van der Waals surface area contributed by atoms with Crippen molar-refractivity contribution in [3.8, 4) is 5.75 Å². The molecule has 0 amide bonds. The highest BCUT2D eigenvalue weighted by atomic mass is 79.9. The highest BCUT2D eigenvalue weighted by Gasteiger charge is 2.15. The van der Waals surface area contributed by atoms with Crippen molar-refractivity contribution in [2.24, 2.45) is 0 Å². The third kappa shape index (κ3) is 3.50. The van der Waals surface area contributed by atoms with Crippen molar-refractivity contribution in [3.63, 3.8) is 0 Å². The van der Waals surface area contributed by atoms with Crippen LogP contribution in [0.25, 0.3) is 0 Å². The molecule has 0 saturated carbocycles. The van der Waals surface area contributed by atoms with Crippen LogP contribution in [-0.4, -0.2) is 13.9 Å². The van der Waals surface area contributed by atoms with Crippen LogP contribution in [0.5, 0.6) is 5.75 Å². The molecule has 1 aromatic carbocycles. The fourth-order valence-corrected chi connectivity index (χ4v) is 1.70. The molecule has 15 heavy (non-hydrogen) atoms. The van der Waals surface area contributed by atoms with Gasteiger partial charge in [-0.15, -0.1) is 0 Å². The predicted octanol–water partition coefficient (Wildman–Crippen LogP) is 3.73. The standard InChI is InChI=1S/C12H17BrO2/c1-12(2,3)9-5-6-11(10(13)7-9)15-8-14-4/h5-7H,8H2,1-4H3. The van der Waals surface area contributed by atoms with Crippen LogP contribution < -0.4 is 4.74 Å². The van der Waals surface area contributed by atoms with Gasteiger partial charge in [0.25, 0.3) is 0 Å². The minimum Gasteiger partial charge on any atom is -0.466 e. The number of rotatable bonds is 3. The number of benzene rings is 1. The normalized spacial score (nSPS) is 11.5. The van der Waals surface area contributed by atoms with Crippen molar-refractivity contribution < 1.29 is 9.47 Å². The zero-order chi connectivity index (χ0) is 11.5. The number of hydrogen-bond donors (Lipinski definition) is 0. The average Bonchev–Trinajstić information content (AvgIpc) is 2.14. The van der Waals surface area contributed by atoms with Gasteiger partial charge < -0.3 is 9.47 Å². The Kier molecular flexibility index (Phi) is 4.17. The largest absolute Gasteiger partial charge is 0.466 e. The predicted molar refractivity (Wildman–Crippen MR) is 65.3 cm³/mol. The zero-order valence-corrected chi connectivity index (χ0v) is 11.2. The van der Waals surface area contributed by atoms with Crippen LogP contribution in [0.1, 0.15) is 26.3 Å². The molecular formula is C12H17BrO2. The molecule has 1 aromatic rings. The van der Waals surface area contributed by atoms with Crippen LogP contribution >= 0.6 is 15.9 Å². The summed E-state index contributed by atoms with van der Waals surface area (Å²) in [5, 5.41) is 0. The lowest BCUT2D eigenvalue weighted by Gasteiger charge is -2.20. The molecule has 3 heteroatoms. The summed E-state index contributed by atoms with van der Waals surface area (Å²) in [4.78, 5) is 0. The van der Waals surface area contributed by atoms with Crippen molar-refractivity contribution in [2.45, 2.75) is 26.2 Å². The Bertz CT molecular complexity index is 329. The lowest BCUT2D eigenvalue weighted by atomic mass is 9.87. The van der Waals surface area contributed by atoms with Crippen LogP contribution in [0, 0.1) is 0 Å². The molecule has 0 aromatic heterocycles. The zero-order valence-electron chi connectivity index (χ0n) is 9.63. The van der Waals surface area contributed by atoms with E-state index < -0.39 is 0 Å². The van der Waals surface area contributed by atoms with Gasteiger partial charge in [-0.25, -0.2) is 0 Å². The van der Waals surface area contributed by atoms with Crippen molar-refractivity contribution in [2.75, 3.05) is 13.9 Å². The minimum atomic E-state index is 0.155. The molecule has 1 rings (SSSR count). The molecule has 0 aliphatic heterocycles. The number of hydrogen-bond acceptors (Lipinski definition) is 2. The van der Waals surface area contributed by atoms with Crippen LogP contribution in [0.4, 0.5) is 0 Å². The first kappa shape index (κ1) is 12.5. The second kappa shape index (κ2) is 4.99. The first-order valence-electron chi connectivity index (χ1n) is 4.87. The van der Waals surface area contributed by atoms with Gasteiger partial charge in [0.2, 0.25) is 0 Å². The molecule has 0 aliphatic rings. The Morgan fingerprint density at radius 3 is 2.40 bits per heavy atom. The second-order valence-electron chi connectivity index (χ2n) is 4.45. The smallest absolute Gasteiger partial charge is 0.188 e. The molecule has 84 valence electrons. The molecule has 0 saturated heterocycles. The number of halogens is 1. The van der Waals surface area contributed by atoms with Gasteiger partial charge in [0.05, 0.1) is 4.47 Å². The Balaban J connectivity index is 2.88. The number of methoxy groups -OCH3 is 1. The highest BCUT2D eigenvalue weighted by Crippen LogP contribution is 2.31. The number of ether oxygens (including phenoxy) is 2. The van der Waals surface area contributed by atoms with Gasteiger partial charge in [0.1, 0.15) is 5.75 Å². The molecule has 0 unspecified atom stereocenters. The maximum atomic E-state index is 5.38. The van der Waals surface area contributed by atoms with E-state index in [9.17, 15) is 0 Å². The lowest BCUT2D eigenvalue weighted by Crippen LogP contribution is -2.11. The molecule has 0 radical (unpaired) electrons. The molecule has 0 bridgehead atoms. The van der Waals surface area contributed by atoms with E-state index in [0.717, 1.165) is 10.2 Å². The Morgan fingerprint density at radius 1 is 1.27 bits per heavy atom. The monoisotopic (exact) mass is 272 g/mol. The van der Waals surface area contributed by atoms with E-state index in [0.29, 0.717) is 0 Å². The summed E-state index contributed by atoms with van der Waals surface area (Å²) in [6.07, 6.45) is 0. The molecule has 0 fully saturated rings. The third-order valence-electron chi connectivity index (χ3n) is 2.13. The molecule has 2 nitrogen and oxygen atoms in total. The van der Waals surface area contributed by atoms with Crippen molar-refractivity contribution in [1.29, 1.82) is 0 Å². The van der Waals surface area contributed by atoms with Gasteiger partial charge >= 0.3 is 0 Å². The Hall–Kier alpha value is -0.540. The van der Waals surface area contributed by atoms with Crippen LogP contribution in [0.3, 0.4) is 0 Å². The van der Waals surface area contributed by atoms with E-state index in [2.05, 4.69) is 48.8 Å². The maximum Gasteiger partial charge on any atom is 0.188 e. The van der Waals surface area contributed by atoms with Crippen LogP contribution in [0.2, 0.25) is 0 Å². The first-order chi connectivity index (χ1) is 6.95. The summed E-state index contributed by atoms with van der Waals surface area (Å²) in [5.41, 5.74) is 1.43. The van der Waals surface area contributed by atoms with E-state index in [1.165, 1.54) is 5.56 Å². The lowest BCUT2D eigenvalue weighted by molar-refractivity contribution is 0.0505. The van der Waals surface area contributed by atoms with E-state index in [1.54, 1.807) is 7.11 Å². The van der Waals surface area contributed by atoms with E-state index in [4.69, 9.17) is 9.47 Å². The van der Waals surface area contributed by atoms with E-state index in [-0.39, 0.29) is 12.2 Å². The fourth-order valence-electron chi connectivity index (χ4n) is 1.21. The quantitative estimate of drug-likeness (QED) is 0.781. The minimum absolute atomic E-state index is 0.155. The van der Waals surface area contributed by atoms with E-state index in [1.807, 2.05) is 6.07 Å². The van der Waals surface area contributed by atoms with Crippen molar-refractivity contribution in [3.05, 3.63) is 28.2 Å². The van der Waals surface area contributed by atoms with Crippen LogP contribution in [-0.2, 0) is 10.2 Å². The van der Waals surface area contributed by atoms with Gasteiger partial charge in [-0.3, -0.25) is 0 Å². The summed E-state index contributed by atoms with van der Waals surface area (Å²) in [7, 11) is 1.61. The average molecular weight is 273 g/mol. The van der Waals surface area contributed by atoms with E-state index >= 15 is 0 Å². The van der Waals surface area contributed by atoms with Gasteiger partial charge in [0, 0.05) is 7.11 Å². The third-order valence-corrected chi connectivity index (χ3v) is 2.75. The molecule has 0 N–H and O–H groups in total. The summed E-state index contributed by atoms with van der Waals surface area (Å²) < 4.78 is 11.2. The molecular weight excluding hydrogens is 256 g/mol. The summed E-state index contributed by atoms with van der Waals surface area (Å²) in [6.45, 7) is 6.83. The molecule has 0 heterocycles. The Morgan fingerprint density at radius 2 is 1.93 bits per heavy atom. The van der Waals surface area contributed by atoms with Gasteiger partial charge in [0.15, 0.2) is 6.79 Å². The van der Waals surface area contributed by atoms with Crippen molar-refractivity contribution in [1.82, 2.24) is 0 Å². The first-order valence-corrected chi connectivity index (χ1v) is 5.66. The summed E-state index contributed by atoms with van der Waals surface area (Å²) >= 11 is 3.49. The second-order valence-corrected chi connectivity index (χ2v) is 5.30. The molecule has 0 atom stereocenters. The fraction of sp³-hybridized carbons (Fsp3) is 0.500. The SMILES string of the molecule is COCOc1ccc(C(C)(C)C)cc1Br. The van der Waals surface area contributed by atoms with Crippen LogP contribution in [0.15, 0.2) is 22.7 Å².